The van der Waals surface area contributed by atoms with Crippen LogP contribution in [0.1, 0.15) is 43.9 Å². The van der Waals surface area contributed by atoms with Gasteiger partial charge in [0.15, 0.2) is 0 Å². The predicted octanol–water partition coefficient (Wildman–Crippen LogP) is 5.21. The minimum atomic E-state index is -0.490. The standard InChI is InChI=1S/C24H31ClN2O2S/c1-5-22(24(29)26-17(2)3)27(14-20-9-7-6-8-18(20)4)23(28)16-30-15-19-10-12-21(25)13-11-19/h6-13,17,22H,5,14-16H2,1-4H3,(H,26,29). The normalized spacial score (nSPS) is 11.9. The van der Waals surface area contributed by atoms with Crippen molar-refractivity contribution >= 4 is 35.2 Å². The van der Waals surface area contributed by atoms with Gasteiger partial charge in [-0.25, -0.2) is 0 Å². The molecule has 0 heterocycles. The van der Waals surface area contributed by atoms with Crippen molar-refractivity contribution in [1.29, 1.82) is 0 Å². The van der Waals surface area contributed by atoms with Crippen LogP contribution in [0.25, 0.3) is 0 Å². The van der Waals surface area contributed by atoms with E-state index in [0.717, 1.165) is 22.4 Å². The number of benzene rings is 2. The smallest absolute Gasteiger partial charge is 0.243 e. The Labute approximate surface area is 189 Å². The van der Waals surface area contributed by atoms with Crippen LogP contribution in [-0.4, -0.2) is 34.6 Å². The summed E-state index contributed by atoms with van der Waals surface area (Å²) < 4.78 is 0. The molecule has 30 heavy (non-hydrogen) atoms. The number of hydrogen-bond acceptors (Lipinski definition) is 3. The van der Waals surface area contributed by atoms with E-state index in [0.29, 0.717) is 23.7 Å². The Morgan fingerprint density at radius 1 is 1.10 bits per heavy atom. The Kier molecular flexibility index (Phi) is 9.73. The molecule has 0 radical (unpaired) electrons. The van der Waals surface area contributed by atoms with Crippen LogP contribution in [0.15, 0.2) is 48.5 Å². The molecule has 0 aromatic heterocycles. The topological polar surface area (TPSA) is 49.4 Å². The van der Waals surface area contributed by atoms with Gasteiger partial charge in [0, 0.05) is 23.4 Å². The molecule has 4 nitrogen and oxygen atoms in total. The van der Waals surface area contributed by atoms with E-state index in [-0.39, 0.29) is 17.9 Å². The first kappa shape index (κ1) is 24.3. The molecule has 2 aromatic rings. The summed E-state index contributed by atoms with van der Waals surface area (Å²) in [4.78, 5) is 27.7. The lowest BCUT2D eigenvalue weighted by Gasteiger charge is -2.31. The Balaban J connectivity index is 2.13. The molecule has 0 saturated heterocycles. The molecule has 0 aliphatic heterocycles. The first-order valence-electron chi connectivity index (χ1n) is 10.3. The fraction of sp³-hybridized carbons (Fsp3) is 0.417. The fourth-order valence-electron chi connectivity index (χ4n) is 3.19. The Morgan fingerprint density at radius 2 is 1.77 bits per heavy atom. The second-order valence-corrected chi connectivity index (χ2v) is 9.08. The third-order valence-corrected chi connectivity index (χ3v) is 6.07. The van der Waals surface area contributed by atoms with Crippen LogP contribution in [-0.2, 0) is 21.9 Å². The molecular weight excluding hydrogens is 416 g/mol. The van der Waals surface area contributed by atoms with Gasteiger partial charge < -0.3 is 10.2 Å². The maximum absolute atomic E-state index is 13.2. The van der Waals surface area contributed by atoms with E-state index in [4.69, 9.17) is 11.6 Å². The lowest BCUT2D eigenvalue weighted by molar-refractivity contribution is -0.139. The van der Waals surface area contributed by atoms with Crippen LogP contribution in [0.5, 0.6) is 0 Å². The van der Waals surface area contributed by atoms with Crippen molar-refractivity contribution in [1.82, 2.24) is 10.2 Å². The lowest BCUT2D eigenvalue weighted by Crippen LogP contribution is -2.51. The first-order valence-corrected chi connectivity index (χ1v) is 11.8. The minimum absolute atomic E-state index is 0.0250. The molecule has 0 aliphatic carbocycles. The summed E-state index contributed by atoms with van der Waals surface area (Å²) in [6.07, 6.45) is 0.567. The molecule has 162 valence electrons. The molecule has 2 aromatic carbocycles. The number of carbonyl (C=O) groups is 2. The van der Waals surface area contributed by atoms with Gasteiger partial charge in [0.25, 0.3) is 0 Å². The fourth-order valence-corrected chi connectivity index (χ4v) is 4.19. The molecule has 1 unspecified atom stereocenters. The zero-order chi connectivity index (χ0) is 22.1. The second-order valence-electron chi connectivity index (χ2n) is 7.65. The van der Waals surface area contributed by atoms with Crippen molar-refractivity contribution in [3.63, 3.8) is 0 Å². The van der Waals surface area contributed by atoms with Gasteiger partial charge in [-0.3, -0.25) is 9.59 Å². The summed E-state index contributed by atoms with van der Waals surface area (Å²) in [6, 6.07) is 15.2. The van der Waals surface area contributed by atoms with Gasteiger partial charge in [-0.2, -0.15) is 0 Å². The average molecular weight is 447 g/mol. The summed E-state index contributed by atoms with van der Waals surface area (Å²) in [6.45, 7) is 8.27. The SMILES string of the molecule is CCC(C(=O)NC(C)C)N(Cc1ccccc1C)C(=O)CSCc1ccc(Cl)cc1. The van der Waals surface area contributed by atoms with Crippen molar-refractivity contribution in [2.24, 2.45) is 0 Å². The second kappa shape index (κ2) is 12.0. The van der Waals surface area contributed by atoms with E-state index >= 15 is 0 Å². The van der Waals surface area contributed by atoms with Gasteiger partial charge in [-0.1, -0.05) is 54.9 Å². The third kappa shape index (κ3) is 7.37. The van der Waals surface area contributed by atoms with E-state index in [1.165, 1.54) is 0 Å². The molecule has 6 heteroatoms. The molecule has 2 amide bonds. The maximum atomic E-state index is 13.2. The number of nitrogens with zero attached hydrogens (tertiary/aromatic N) is 1. The summed E-state index contributed by atoms with van der Waals surface area (Å²) in [7, 11) is 0. The van der Waals surface area contributed by atoms with Crippen LogP contribution >= 0.6 is 23.4 Å². The number of carbonyl (C=O) groups excluding carboxylic acids is 2. The number of rotatable bonds is 10. The minimum Gasteiger partial charge on any atom is -0.352 e. The van der Waals surface area contributed by atoms with Crippen LogP contribution in [0.4, 0.5) is 0 Å². The molecule has 0 fully saturated rings. The molecule has 0 saturated carbocycles. The molecular formula is C24H31ClN2O2S. The van der Waals surface area contributed by atoms with Crippen LogP contribution in [0, 0.1) is 6.92 Å². The molecule has 2 rings (SSSR count). The van der Waals surface area contributed by atoms with Gasteiger partial charge >= 0.3 is 0 Å². The molecule has 1 N–H and O–H groups in total. The Morgan fingerprint density at radius 3 is 2.37 bits per heavy atom. The molecule has 0 aliphatic rings. The third-order valence-electron chi connectivity index (χ3n) is 4.83. The number of thioether (sulfide) groups is 1. The first-order chi connectivity index (χ1) is 14.3. The zero-order valence-corrected chi connectivity index (χ0v) is 19.7. The van der Waals surface area contributed by atoms with Gasteiger partial charge in [0.1, 0.15) is 6.04 Å². The van der Waals surface area contributed by atoms with Crippen molar-refractivity contribution in [2.75, 3.05) is 5.75 Å². The van der Waals surface area contributed by atoms with E-state index < -0.39 is 6.04 Å². The van der Waals surface area contributed by atoms with Crippen LogP contribution in [0.2, 0.25) is 5.02 Å². The highest BCUT2D eigenvalue weighted by Crippen LogP contribution is 2.19. The molecule has 1 atom stereocenters. The summed E-state index contributed by atoms with van der Waals surface area (Å²) >= 11 is 7.49. The number of nitrogens with one attached hydrogen (secondary N) is 1. The maximum Gasteiger partial charge on any atom is 0.243 e. The number of hydrogen-bond donors (Lipinski definition) is 1. The van der Waals surface area contributed by atoms with Gasteiger partial charge in [0.2, 0.25) is 11.8 Å². The summed E-state index contributed by atoms with van der Waals surface area (Å²) in [5.41, 5.74) is 3.29. The lowest BCUT2D eigenvalue weighted by atomic mass is 10.1. The van der Waals surface area contributed by atoms with Gasteiger partial charge in [-0.15, -0.1) is 11.8 Å². The molecule has 0 bridgehead atoms. The summed E-state index contributed by atoms with van der Waals surface area (Å²) in [5, 5.41) is 3.66. The van der Waals surface area contributed by atoms with Crippen molar-refractivity contribution in [3.8, 4) is 0 Å². The highest BCUT2D eigenvalue weighted by atomic mass is 35.5. The predicted molar refractivity (Wildman–Crippen MR) is 127 cm³/mol. The Hall–Kier alpha value is -1.98. The quantitative estimate of drug-likeness (QED) is 0.544. The monoisotopic (exact) mass is 446 g/mol. The van der Waals surface area contributed by atoms with Crippen LogP contribution < -0.4 is 5.32 Å². The van der Waals surface area contributed by atoms with Gasteiger partial charge in [0.05, 0.1) is 5.75 Å². The number of aryl methyl sites for hydroxylation is 1. The van der Waals surface area contributed by atoms with Crippen molar-refractivity contribution < 1.29 is 9.59 Å². The van der Waals surface area contributed by atoms with Crippen molar-refractivity contribution in [3.05, 3.63) is 70.2 Å². The van der Waals surface area contributed by atoms with E-state index in [1.54, 1.807) is 16.7 Å². The highest BCUT2D eigenvalue weighted by molar-refractivity contribution is 7.99. The van der Waals surface area contributed by atoms with E-state index in [1.807, 2.05) is 76.2 Å². The van der Waals surface area contributed by atoms with Crippen LogP contribution in [0.3, 0.4) is 0 Å². The van der Waals surface area contributed by atoms with Gasteiger partial charge in [-0.05, 0) is 56.0 Å². The van der Waals surface area contributed by atoms with E-state index in [9.17, 15) is 9.59 Å². The average Bonchev–Trinajstić information content (AvgIpc) is 2.70. The molecule has 0 spiro atoms. The number of amides is 2. The Bertz CT molecular complexity index is 839. The van der Waals surface area contributed by atoms with Crippen molar-refractivity contribution in [2.45, 2.75) is 58.5 Å². The zero-order valence-electron chi connectivity index (χ0n) is 18.2. The number of halogens is 1. The van der Waals surface area contributed by atoms with E-state index in [2.05, 4.69) is 5.32 Å². The summed E-state index contributed by atoms with van der Waals surface area (Å²) in [5.74, 6) is 0.913. The highest BCUT2D eigenvalue weighted by Gasteiger charge is 2.29. The largest absolute Gasteiger partial charge is 0.352 e.